The molecule has 1 fully saturated rings. The highest BCUT2D eigenvalue weighted by Crippen LogP contribution is 2.21. The molecule has 2 rings (SSSR count). The fourth-order valence-electron chi connectivity index (χ4n) is 4.02. The lowest BCUT2D eigenvalue weighted by Crippen LogP contribution is -2.46. The molecule has 1 aliphatic carbocycles. The van der Waals surface area contributed by atoms with Crippen LogP contribution in [0, 0.1) is 0 Å². The van der Waals surface area contributed by atoms with Gasteiger partial charge in [0.25, 0.3) is 0 Å². The number of aliphatic carboxylic acids is 1. The summed E-state index contributed by atoms with van der Waals surface area (Å²) in [5.74, 6) is -3.09. The first-order valence-electron chi connectivity index (χ1n) is 12.2. The van der Waals surface area contributed by atoms with Crippen molar-refractivity contribution < 1.29 is 33.0 Å². The number of carboxylic acids is 1. The molecule has 1 unspecified atom stereocenters. The standard InChI is InChI=1S/C25H38F2N2O5/c1-3-33-22(23(30)31)18-19-10-12-21(13-11-19)34-17-16-29(15-7-6-14-25(2,26)27)24(32)28-20-8-4-5-9-20/h10-13,20,22H,3-9,14-18H2,1-2H3,(H,28,32)(H,30,31). The van der Waals surface area contributed by atoms with Crippen LogP contribution >= 0.6 is 0 Å². The maximum Gasteiger partial charge on any atom is 0.333 e. The van der Waals surface area contributed by atoms with Gasteiger partial charge in [0.1, 0.15) is 12.4 Å². The first kappa shape index (κ1) is 27.8. The van der Waals surface area contributed by atoms with Crippen molar-refractivity contribution in [2.24, 2.45) is 0 Å². The Morgan fingerprint density at radius 3 is 2.44 bits per heavy atom. The van der Waals surface area contributed by atoms with E-state index < -0.39 is 18.0 Å². The Morgan fingerprint density at radius 2 is 1.85 bits per heavy atom. The van der Waals surface area contributed by atoms with Crippen LogP contribution in [0.25, 0.3) is 0 Å². The minimum Gasteiger partial charge on any atom is -0.492 e. The molecule has 0 radical (unpaired) electrons. The molecule has 1 saturated carbocycles. The molecule has 192 valence electrons. The van der Waals surface area contributed by atoms with Crippen LogP contribution in [-0.2, 0) is 16.0 Å². The molecule has 1 aromatic carbocycles. The molecule has 0 heterocycles. The van der Waals surface area contributed by atoms with Gasteiger partial charge in [0.2, 0.25) is 5.92 Å². The van der Waals surface area contributed by atoms with Gasteiger partial charge in [0, 0.05) is 32.0 Å². The molecular formula is C25H38F2N2O5. The van der Waals surface area contributed by atoms with E-state index in [-0.39, 0.29) is 31.5 Å². The zero-order valence-electron chi connectivity index (χ0n) is 20.2. The Hall–Kier alpha value is -2.42. The zero-order chi connectivity index (χ0) is 25.0. The predicted octanol–water partition coefficient (Wildman–Crippen LogP) is 4.88. The van der Waals surface area contributed by atoms with Crippen LogP contribution in [0.5, 0.6) is 5.75 Å². The summed E-state index contributed by atoms with van der Waals surface area (Å²) in [5, 5.41) is 12.3. The normalized spacial score (nSPS) is 15.2. The topological polar surface area (TPSA) is 88.1 Å². The molecule has 1 aliphatic rings. The van der Waals surface area contributed by atoms with Crippen molar-refractivity contribution in [3.63, 3.8) is 0 Å². The van der Waals surface area contributed by atoms with Crippen molar-refractivity contribution in [3.05, 3.63) is 29.8 Å². The van der Waals surface area contributed by atoms with Crippen LogP contribution in [-0.4, -0.2) is 66.4 Å². The van der Waals surface area contributed by atoms with Gasteiger partial charge in [-0.25, -0.2) is 18.4 Å². The van der Waals surface area contributed by atoms with E-state index in [1.54, 1.807) is 36.1 Å². The molecular weight excluding hydrogens is 446 g/mol. The van der Waals surface area contributed by atoms with E-state index in [2.05, 4.69) is 5.32 Å². The van der Waals surface area contributed by atoms with Crippen molar-refractivity contribution in [1.29, 1.82) is 0 Å². The molecule has 2 N–H and O–H groups in total. The summed E-state index contributed by atoms with van der Waals surface area (Å²) >= 11 is 0. The van der Waals surface area contributed by atoms with Crippen LogP contribution in [0.2, 0.25) is 0 Å². The number of nitrogens with one attached hydrogen (secondary N) is 1. The molecule has 0 saturated heterocycles. The molecule has 0 spiro atoms. The molecule has 9 heteroatoms. The Kier molecular flexibility index (Phi) is 11.5. The average molecular weight is 485 g/mol. The molecule has 0 aromatic heterocycles. The highest BCUT2D eigenvalue weighted by Gasteiger charge is 2.23. The van der Waals surface area contributed by atoms with Crippen molar-refractivity contribution in [1.82, 2.24) is 10.2 Å². The first-order chi connectivity index (χ1) is 16.2. The monoisotopic (exact) mass is 484 g/mol. The summed E-state index contributed by atoms with van der Waals surface area (Å²) in [6.45, 7) is 3.99. The number of carbonyl (C=O) groups excluding carboxylic acids is 1. The van der Waals surface area contributed by atoms with Gasteiger partial charge in [0.15, 0.2) is 6.10 Å². The van der Waals surface area contributed by atoms with Crippen LogP contribution in [0.3, 0.4) is 0 Å². The van der Waals surface area contributed by atoms with Gasteiger partial charge in [0.05, 0.1) is 6.54 Å². The lowest BCUT2D eigenvalue weighted by Gasteiger charge is -2.25. The largest absolute Gasteiger partial charge is 0.492 e. The van der Waals surface area contributed by atoms with Crippen LogP contribution in [0.15, 0.2) is 24.3 Å². The maximum atomic E-state index is 13.1. The summed E-state index contributed by atoms with van der Waals surface area (Å²) in [6, 6.07) is 7.10. The lowest BCUT2D eigenvalue weighted by atomic mass is 10.1. The molecule has 0 aliphatic heterocycles. The second-order valence-electron chi connectivity index (χ2n) is 8.92. The van der Waals surface area contributed by atoms with Gasteiger partial charge >= 0.3 is 12.0 Å². The van der Waals surface area contributed by atoms with Crippen molar-refractivity contribution in [2.45, 2.75) is 83.3 Å². The van der Waals surface area contributed by atoms with E-state index in [0.29, 0.717) is 38.3 Å². The molecule has 1 aromatic rings. The third kappa shape index (κ3) is 10.7. The Balaban J connectivity index is 1.84. The minimum absolute atomic E-state index is 0.176. The first-order valence-corrected chi connectivity index (χ1v) is 12.2. The number of rotatable bonds is 15. The minimum atomic E-state index is -2.70. The number of benzene rings is 1. The number of urea groups is 1. The number of unbranched alkanes of at least 4 members (excludes halogenated alkanes) is 1. The summed E-state index contributed by atoms with van der Waals surface area (Å²) in [5.41, 5.74) is 0.818. The van der Waals surface area contributed by atoms with Gasteiger partial charge in [-0.1, -0.05) is 25.0 Å². The fourth-order valence-corrected chi connectivity index (χ4v) is 4.02. The maximum absolute atomic E-state index is 13.1. The number of nitrogens with zero attached hydrogens (tertiary/aromatic N) is 1. The number of carboxylic acid groups (broad SMARTS) is 1. The highest BCUT2D eigenvalue weighted by atomic mass is 19.3. The van der Waals surface area contributed by atoms with Crippen LogP contribution < -0.4 is 10.1 Å². The second-order valence-corrected chi connectivity index (χ2v) is 8.92. The van der Waals surface area contributed by atoms with E-state index in [0.717, 1.165) is 38.2 Å². The number of amides is 2. The van der Waals surface area contributed by atoms with E-state index in [1.807, 2.05) is 0 Å². The number of ether oxygens (including phenoxy) is 2. The molecule has 1 atom stereocenters. The quantitative estimate of drug-likeness (QED) is 0.347. The van der Waals surface area contributed by atoms with Gasteiger partial charge in [-0.15, -0.1) is 0 Å². The van der Waals surface area contributed by atoms with E-state index >= 15 is 0 Å². The number of hydrogen-bond acceptors (Lipinski definition) is 4. The Morgan fingerprint density at radius 1 is 1.18 bits per heavy atom. The number of carbonyl (C=O) groups is 2. The smallest absolute Gasteiger partial charge is 0.333 e. The van der Waals surface area contributed by atoms with Gasteiger partial charge in [-0.05, 0) is 57.2 Å². The highest BCUT2D eigenvalue weighted by molar-refractivity contribution is 5.74. The third-order valence-electron chi connectivity index (χ3n) is 5.88. The molecule has 0 bridgehead atoms. The summed E-state index contributed by atoms with van der Waals surface area (Å²) in [6.07, 6.45) is 4.17. The summed E-state index contributed by atoms with van der Waals surface area (Å²) < 4.78 is 37.2. The van der Waals surface area contributed by atoms with Crippen molar-refractivity contribution >= 4 is 12.0 Å². The predicted molar refractivity (Wildman–Crippen MR) is 126 cm³/mol. The fraction of sp³-hybridized carbons (Fsp3) is 0.680. The average Bonchev–Trinajstić information content (AvgIpc) is 3.28. The van der Waals surface area contributed by atoms with Gasteiger partial charge in [-0.3, -0.25) is 0 Å². The zero-order valence-corrected chi connectivity index (χ0v) is 20.2. The summed E-state index contributed by atoms with van der Waals surface area (Å²) in [7, 11) is 0. The SMILES string of the molecule is CCOC(Cc1ccc(OCCN(CCCCC(C)(F)F)C(=O)NC2CCCC2)cc1)C(=O)O. The van der Waals surface area contributed by atoms with E-state index in [9.17, 15) is 23.5 Å². The molecule has 7 nitrogen and oxygen atoms in total. The van der Waals surface area contributed by atoms with Crippen molar-refractivity contribution in [3.8, 4) is 5.75 Å². The van der Waals surface area contributed by atoms with Gasteiger partial charge < -0.3 is 24.8 Å². The molecule has 34 heavy (non-hydrogen) atoms. The number of hydrogen-bond donors (Lipinski definition) is 2. The molecule has 2 amide bonds. The van der Waals surface area contributed by atoms with E-state index in [1.165, 1.54) is 0 Å². The third-order valence-corrected chi connectivity index (χ3v) is 5.88. The number of halogens is 2. The lowest BCUT2D eigenvalue weighted by molar-refractivity contribution is -0.149. The number of alkyl halides is 2. The Labute approximate surface area is 200 Å². The second kappa shape index (κ2) is 14.1. The summed E-state index contributed by atoms with van der Waals surface area (Å²) in [4.78, 5) is 25.6. The van der Waals surface area contributed by atoms with Crippen LogP contribution in [0.4, 0.5) is 13.6 Å². The Bertz CT molecular complexity index is 749. The van der Waals surface area contributed by atoms with Gasteiger partial charge in [-0.2, -0.15) is 0 Å². The van der Waals surface area contributed by atoms with Crippen molar-refractivity contribution in [2.75, 3.05) is 26.3 Å². The van der Waals surface area contributed by atoms with E-state index in [4.69, 9.17) is 9.47 Å². The van der Waals surface area contributed by atoms with Crippen LogP contribution in [0.1, 0.15) is 64.4 Å².